The van der Waals surface area contributed by atoms with Crippen LogP contribution in [0.1, 0.15) is 34.1 Å². The van der Waals surface area contributed by atoms with Gasteiger partial charge in [-0.3, -0.25) is 9.69 Å². The van der Waals surface area contributed by atoms with Gasteiger partial charge in [0, 0.05) is 19.6 Å². The lowest BCUT2D eigenvalue weighted by molar-refractivity contribution is -0.137. The van der Waals surface area contributed by atoms with Gasteiger partial charge in [-0.15, -0.1) is 0 Å². The maximum atomic E-state index is 11.9. The highest BCUT2D eigenvalue weighted by Gasteiger charge is 2.33. The molecule has 2 amide bonds. The van der Waals surface area contributed by atoms with Crippen LogP contribution >= 0.6 is 0 Å². The van der Waals surface area contributed by atoms with Gasteiger partial charge in [0.15, 0.2) is 0 Å². The Morgan fingerprint density at radius 1 is 1.47 bits per heavy atom. The zero-order valence-electron chi connectivity index (χ0n) is 11.3. The van der Waals surface area contributed by atoms with Gasteiger partial charge in [-0.2, -0.15) is 0 Å². The van der Waals surface area contributed by atoms with Crippen molar-refractivity contribution in [2.75, 3.05) is 20.1 Å². The van der Waals surface area contributed by atoms with Gasteiger partial charge in [0.2, 0.25) is 5.91 Å². The number of carbonyl (C=O) groups excluding carboxylic acids is 2. The summed E-state index contributed by atoms with van der Waals surface area (Å²) in [7, 11) is 1.78. The SMILES string of the molecule is CCC1CN(C(=O)OC(C)(C)C)CC(=O)N1C. The molecule has 0 aromatic carbocycles. The summed E-state index contributed by atoms with van der Waals surface area (Å²) in [6.07, 6.45) is 0.430. The summed E-state index contributed by atoms with van der Waals surface area (Å²) in [6.45, 7) is 8.13. The van der Waals surface area contributed by atoms with Crippen molar-refractivity contribution < 1.29 is 14.3 Å². The Labute approximate surface area is 103 Å². The lowest BCUT2D eigenvalue weighted by atomic mass is 10.1. The largest absolute Gasteiger partial charge is 0.444 e. The summed E-state index contributed by atoms with van der Waals surface area (Å²) < 4.78 is 5.27. The lowest BCUT2D eigenvalue weighted by Gasteiger charge is -2.39. The number of likely N-dealkylation sites (N-methyl/N-ethyl adjacent to an activating group) is 1. The molecule has 0 aromatic rings. The van der Waals surface area contributed by atoms with E-state index in [2.05, 4.69) is 0 Å². The Kier molecular flexibility index (Phi) is 4.01. The van der Waals surface area contributed by atoms with Crippen LogP contribution in [0.25, 0.3) is 0 Å². The zero-order valence-corrected chi connectivity index (χ0v) is 11.3. The predicted octanol–water partition coefficient (Wildman–Crippen LogP) is 1.47. The minimum absolute atomic E-state index is 0.0334. The third-order valence-corrected chi connectivity index (χ3v) is 2.82. The van der Waals surface area contributed by atoms with Crippen LogP contribution in [0.3, 0.4) is 0 Å². The van der Waals surface area contributed by atoms with Crippen molar-refractivity contribution >= 4 is 12.0 Å². The first-order valence-corrected chi connectivity index (χ1v) is 5.98. The second-order valence-corrected chi connectivity index (χ2v) is 5.43. The molecular formula is C12H22N2O3. The average Bonchev–Trinajstić information content (AvgIpc) is 2.19. The third-order valence-electron chi connectivity index (χ3n) is 2.82. The van der Waals surface area contributed by atoms with E-state index in [1.54, 1.807) is 11.9 Å². The van der Waals surface area contributed by atoms with E-state index in [9.17, 15) is 9.59 Å². The monoisotopic (exact) mass is 242 g/mol. The highest BCUT2D eigenvalue weighted by molar-refractivity contribution is 5.83. The van der Waals surface area contributed by atoms with Gasteiger partial charge in [-0.1, -0.05) is 6.92 Å². The van der Waals surface area contributed by atoms with Gasteiger partial charge in [-0.25, -0.2) is 4.79 Å². The topological polar surface area (TPSA) is 49.9 Å². The van der Waals surface area contributed by atoms with Gasteiger partial charge in [0.05, 0.1) is 0 Å². The first-order chi connectivity index (χ1) is 7.74. The van der Waals surface area contributed by atoms with E-state index in [1.165, 1.54) is 4.90 Å². The van der Waals surface area contributed by atoms with Crippen LogP contribution in [-0.2, 0) is 9.53 Å². The second-order valence-electron chi connectivity index (χ2n) is 5.43. The highest BCUT2D eigenvalue weighted by Crippen LogP contribution is 2.16. The molecule has 1 rings (SSSR count). The van der Waals surface area contributed by atoms with Crippen molar-refractivity contribution in [1.29, 1.82) is 0 Å². The van der Waals surface area contributed by atoms with Crippen LogP contribution in [0.5, 0.6) is 0 Å². The van der Waals surface area contributed by atoms with E-state index in [4.69, 9.17) is 4.74 Å². The van der Waals surface area contributed by atoms with Crippen molar-refractivity contribution in [3.05, 3.63) is 0 Å². The fraction of sp³-hybridized carbons (Fsp3) is 0.833. The molecular weight excluding hydrogens is 220 g/mol. The summed E-state index contributed by atoms with van der Waals surface area (Å²) in [6, 6.07) is 0.0868. The molecule has 1 fully saturated rings. The molecule has 98 valence electrons. The van der Waals surface area contributed by atoms with Crippen LogP contribution < -0.4 is 0 Å². The minimum atomic E-state index is -0.523. The molecule has 1 aliphatic rings. The molecule has 1 saturated heterocycles. The van der Waals surface area contributed by atoms with Crippen molar-refractivity contribution in [3.8, 4) is 0 Å². The standard InChI is InChI=1S/C12H22N2O3/c1-6-9-7-14(8-10(15)13(9)5)11(16)17-12(2,3)4/h9H,6-8H2,1-5H3. The maximum Gasteiger partial charge on any atom is 0.410 e. The average molecular weight is 242 g/mol. The molecule has 1 atom stereocenters. The van der Waals surface area contributed by atoms with Crippen LogP contribution in [-0.4, -0.2) is 53.6 Å². The van der Waals surface area contributed by atoms with E-state index < -0.39 is 11.7 Å². The van der Waals surface area contributed by atoms with Crippen molar-refractivity contribution in [2.24, 2.45) is 0 Å². The van der Waals surface area contributed by atoms with E-state index in [-0.39, 0.29) is 18.5 Å². The number of rotatable bonds is 1. The number of carbonyl (C=O) groups is 2. The first kappa shape index (κ1) is 13.8. The number of piperazine rings is 1. The molecule has 0 bridgehead atoms. The summed E-state index contributed by atoms with van der Waals surface area (Å²) in [5, 5.41) is 0. The smallest absolute Gasteiger partial charge is 0.410 e. The van der Waals surface area contributed by atoms with Gasteiger partial charge < -0.3 is 9.64 Å². The van der Waals surface area contributed by atoms with Crippen molar-refractivity contribution in [3.63, 3.8) is 0 Å². The predicted molar refractivity (Wildman–Crippen MR) is 64.7 cm³/mol. The quantitative estimate of drug-likeness (QED) is 0.699. The lowest BCUT2D eigenvalue weighted by Crippen LogP contribution is -2.56. The fourth-order valence-corrected chi connectivity index (χ4v) is 1.79. The summed E-state index contributed by atoms with van der Waals surface area (Å²) >= 11 is 0. The second kappa shape index (κ2) is 4.94. The van der Waals surface area contributed by atoms with Gasteiger partial charge in [0.25, 0.3) is 0 Å². The maximum absolute atomic E-state index is 11.9. The summed E-state index contributed by atoms with van der Waals surface area (Å²) in [5.74, 6) is -0.0334. The third kappa shape index (κ3) is 3.61. The Hall–Kier alpha value is -1.26. The van der Waals surface area contributed by atoms with Crippen molar-refractivity contribution in [2.45, 2.75) is 45.8 Å². The summed E-state index contributed by atoms with van der Waals surface area (Å²) in [4.78, 5) is 26.8. The zero-order chi connectivity index (χ0) is 13.2. The van der Waals surface area contributed by atoms with Gasteiger partial charge in [-0.05, 0) is 27.2 Å². The Balaban J connectivity index is 2.67. The van der Waals surface area contributed by atoms with Crippen LogP contribution in [0.4, 0.5) is 4.79 Å². The Morgan fingerprint density at radius 2 is 2.06 bits per heavy atom. The molecule has 0 aliphatic carbocycles. The number of nitrogens with zero attached hydrogens (tertiary/aromatic N) is 2. The molecule has 1 heterocycles. The molecule has 0 radical (unpaired) electrons. The van der Waals surface area contributed by atoms with Crippen LogP contribution in [0, 0.1) is 0 Å². The number of ether oxygens (including phenoxy) is 1. The van der Waals surface area contributed by atoms with Crippen LogP contribution in [0.2, 0.25) is 0 Å². The molecule has 0 saturated carbocycles. The first-order valence-electron chi connectivity index (χ1n) is 5.98. The number of hydrogen-bond donors (Lipinski definition) is 0. The van der Waals surface area contributed by atoms with E-state index in [1.807, 2.05) is 27.7 Å². The van der Waals surface area contributed by atoms with Gasteiger partial charge in [0.1, 0.15) is 12.1 Å². The van der Waals surface area contributed by atoms with E-state index in [0.717, 1.165) is 6.42 Å². The molecule has 5 nitrogen and oxygen atoms in total. The molecule has 17 heavy (non-hydrogen) atoms. The normalized spacial score (nSPS) is 21.7. The van der Waals surface area contributed by atoms with E-state index >= 15 is 0 Å². The molecule has 5 heteroatoms. The molecule has 0 spiro atoms. The highest BCUT2D eigenvalue weighted by atomic mass is 16.6. The summed E-state index contributed by atoms with van der Waals surface area (Å²) in [5.41, 5.74) is -0.523. The number of amides is 2. The minimum Gasteiger partial charge on any atom is -0.444 e. The van der Waals surface area contributed by atoms with E-state index in [0.29, 0.717) is 6.54 Å². The fourth-order valence-electron chi connectivity index (χ4n) is 1.79. The van der Waals surface area contributed by atoms with Crippen molar-refractivity contribution in [1.82, 2.24) is 9.80 Å². The van der Waals surface area contributed by atoms with Crippen LogP contribution in [0.15, 0.2) is 0 Å². The Bertz CT molecular complexity index is 309. The molecule has 0 N–H and O–H groups in total. The number of hydrogen-bond acceptors (Lipinski definition) is 3. The molecule has 1 aliphatic heterocycles. The Morgan fingerprint density at radius 3 is 2.53 bits per heavy atom. The molecule has 1 unspecified atom stereocenters. The van der Waals surface area contributed by atoms with Gasteiger partial charge >= 0.3 is 6.09 Å². The molecule has 0 aromatic heterocycles.